The fourth-order valence-corrected chi connectivity index (χ4v) is 7.87. The monoisotopic (exact) mass is 926 g/mol. The summed E-state index contributed by atoms with van der Waals surface area (Å²) in [5.74, 6) is 4.02. The Morgan fingerprint density at radius 2 is 1.46 bits per heavy atom. The van der Waals surface area contributed by atoms with E-state index in [1.54, 1.807) is 81.8 Å². The molecule has 3 aromatic carbocycles. The van der Waals surface area contributed by atoms with E-state index >= 15 is 0 Å². The van der Waals surface area contributed by atoms with Crippen LogP contribution < -0.4 is 25.8 Å². The average molecular weight is 928 g/mol. The third-order valence-electron chi connectivity index (χ3n) is 9.47. The summed E-state index contributed by atoms with van der Waals surface area (Å²) in [7, 11) is -3.37. The molecule has 350 valence electrons. The van der Waals surface area contributed by atoms with Gasteiger partial charge >= 0.3 is 5.69 Å². The first-order valence-electron chi connectivity index (χ1n) is 20.9. The van der Waals surface area contributed by atoms with Gasteiger partial charge in [-0.15, -0.1) is 25.2 Å². The van der Waals surface area contributed by atoms with Gasteiger partial charge in [-0.1, -0.05) is 31.2 Å². The Kier molecular flexibility index (Phi) is 24.4. The van der Waals surface area contributed by atoms with E-state index in [2.05, 4.69) is 64.8 Å². The van der Waals surface area contributed by atoms with Crippen LogP contribution in [0, 0.1) is 56.1 Å². The zero-order valence-electron chi connectivity index (χ0n) is 38.6. The number of hydrogen-bond acceptors (Lipinski definition) is 11. The molecule has 12 nitrogen and oxygen atoms in total. The summed E-state index contributed by atoms with van der Waals surface area (Å²) in [6, 6.07) is 19.8. The Morgan fingerprint density at radius 1 is 0.892 bits per heavy atom. The van der Waals surface area contributed by atoms with Gasteiger partial charge in [0.25, 0.3) is 0 Å². The molecule has 0 unspecified atom stereocenters. The van der Waals surface area contributed by atoms with Crippen LogP contribution in [0.4, 0.5) is 22.7 Å². The molecular formula is C51H67ClN6O6S. The van der Waals surface area contributed by atoms with Crippen molar-refractivity contribution in [3.05, 3.63) is 123 Å². The molecule has 0 amide bonds. The second kappa shape index (κ2) is 27.9. The number of nitro groups is 1. The number of hydrogen-bond donors (Lipinski definition) is 3. The molecule has 3 heterocycles. The minimum absolute atomic E-state index is 0. The molecule has 1 fully saturated rings. The van der Waals surface area contributed by atoms with Gasteiger partial charge in [0.15, 0.2) is 15.6 Å². The number of benzene rings is 3. The minimum Gasteiger partial charge on any atom is -0.489 e. The maximum atomic E-state index is 12.4. The van der Waals surface area contributed by atoms with Crippen molar-refractivity contribution in [2.75, 3.05) is 24.1 Å². The lowest BCUT2D eigenvalue weighted by atomic mass is 9.87. The molecule has 5 aromatic rings. The van der Waals surface area contributed by atoms with E-state index in [4.69, 9.17) is 26.8 Å². The topological polar surface area (TPSA) is 172 Å². The number of aryl methyl sites for hydroxylation is 3. The van der Waals surface area contributed by atoms with Crippen molar-refractivity contribution in [2.24, 2.45) is 0 Å². The molecule has 4 N–H and O–H groups in total. The van der Waals surface area contributed by atoms with Crippen LogP contribution in [-0.4, -0.2) is 53.9 Å². The van der Waals surface area contributed by atoms with E-state index < -0.39 is 20.0 Å². The fraction of sp³-hybridized carbons (Fsp3) is 0.373. The first kappa shape index (κ1) is 56.9. The molecule has 0 radical (unpaired) electrons. The lowest BCUT2D eigenvalue weighted by molar-refractivity contribution is -0.386. The zero-order valence-corrected chi connectivity index (χ0v) is 40.2. The second-order valence-electron chi connectivity index (χ2n) is 15.5. The number of terminal acetylenes is 2. The van der Waals surface area contributed by atoms with Crippen LogP contribution in [-0.2, 0) is 9.84 Å². The van der Waals surface area contributed by atoms with E-state index in [1.165, 1.54) is 24.0 Å². The number of pyridine rings is 2. The molecule has 0 atom stereocenters. The highest BCUT2D eigenvalue weighted by Crippen LogP contribution is 2.37. The number of sulfone groups is 1. The van der Waals surface area contributed by atoms with Gasteiger partial charge in [0.05, 0.1) is 49.4 Å². The number of ether oxygens (including phenoxy) is 2. The third-order valence-corrected chi connectivity index (χ3v) is 12.0. The van der Waals surface area contributed by atoms with Crippen molar-refractivity contribution in [3.8, 4) is 47.8 Å². The smallest absolute Gasteiger partial charge is 0.311 e. The van der Waals surface area contributed by atoms with Crippen molar-refractivity contribution in [1.82, 2.24) is 15.3 Å². The summed E-state index contributed by atoms with van der Waals surface area (Å²) in [4.78, 5) is 19.0. The van der Waals surface area contributed by atoms with Gasteiger partial charge in [-0.2, -0.15) is 0 Å². The summed E-state index contributed by atoms with van der Waals surface area (Å²) in [5.41, 5.74) is 14.1. The van der Waals surface area contributed by atoms with E-state index in [9.17, 15) is 18.5 Å². The largest absolute Gasteiger partial charge is 0.489 e. The number of nitrogens with zero attached hydrogens (tertiary/aromatic N) is 3. The molecule has 0 bridgehead atoms. The Balaban J connectivity index is 0.000000461. The molecule has 6 rings (SSSR count). The molecule has 2 aromatic heterocycles. The molecule has 1 aliphatic rings. The lowest BCUT2D eigenvalue weighted by Crippen LogP contribution is -2.27. The van der Waals surface area contributed by atoms with E-state index in [-0.39, 0.29) is 30.2 Å². The number of halogens is 1. The number of nitrogen functional groups attached to an aromatic ring is 1. The van der Waals surface area contributed by atoms with Crippen molar-refractivity contribution in [2.45, 2.75) is 118 Å². The summed E-state index contributed by atoms with van der Waals surface area (Å²) in [6.45, 7) is 20.8. The van der Waals surface area contributed by atoms with Crippen LogP contribution in [0.15, 0.2) is 90.2 Å². The van der Waals surface area contributed by atoms with Gasteiger partial charge in [-0.05, 0) is 177 Å². The fourth-order valence-electron chi connectivity index (χ4n) is 6.52. The number of para-hydroxylation sites is 1. The molecule has 0 spiro atoms. The highest BCUT2D eigenvalue weighted by molar-refractivity contribution is 7.92. The van der Waals surface area contributed by atoms with Crippen LogP contribution in [0.2, 0.25) is 5.02 Å². The number of anilines is 3. The maximum absolute atomic E-state index is 12.4. The van der Waals surface area contributed by atoms with Crippen molar-refractivity contribution in [3.63, 3.8) is 0 Å². The molecule has 0 aliphatic carbocycles. The quantitative estimate of drug-likeness (QED) is 0.0498. The Bertz CT molecular complexity index is 2450. The predicted molar refractivity (Wildman–Crippen MR) is 270 cm³/mol. The number of nitrogens with two attached hydrogens (primary N) is 1. The molecule has 1 aliphatic heterocycles. The number of piperidine rings is 1. The van der Waals surface area contributed by atoms with Gasteiger partial charge in [0.2, 0.25) is 0 Å². The van der Waals surface area contributed by atoms with E-state index in [0.29, 0.717) is 28.1 Å². The minimum atomic E-state index is -3.37. The molecule has 1 saturated heterocycles. The molecule has 14 heteroatoms. The SMILES string of the molecule is C.C#C.C#CC.Cc1cc(N)c(OC(C)C)cc1C1CCNCC1.Cc1cc(Nc2ccccc2S(=O)(=O)C(C)C)c(Cl)cn1.Cc1cc([N+](=O)[O-])c(OC(C)C)cc1-c1ccncc1. The standard InChI is InChI=1S/C15H17ClN2O2S.C15H16N2O3.C15H24N2O.C3H4.C2H2.CH4/c1-10(2)21(19,20)15-7-5-4-6-13(15)18-14-8-11(3)17-9-12(14)16;1-10(2)20-15-9-13(12-4-6-16-7-5-12)11(3)8-14(15)17(18)19;1-10(2)18-15-9-13(11(3)8-14(15)16)12-4-6-17-7-5-12;1-3-2;1-2;/h4-10H,1-3H3,(H,17,18);4-10H,1-3H3;8-10,12,17H,4-7,16H2,1-3H3;1H,2H3;1-2H;1H4. The number of nitro benzene ring substituents is 1. The Labute approximate surface area is 393 Å². The van der Waals surface area contributed by atoms with Gasteiger partial charge in [-0.3, -0.25) is 20.1 Å². The highest BCUT2D eigenvalue weighted by atomic mass is 35.5. The number of aromatic nitrogens is 2. The first-order valence-corrected chi connectivity index (χ1v) is 22.8. The molecule has 65 heavy (non-hydrogen) atoms. The van der Waals surface area contributed by atoms with Crippen LogP contribution in [0.25, 0.3) is 11.1 Å². The maximum Gasteiger partial charge on any atom is 0.311 e. The van der Waals surface area contributed by atoms with Crippen LogP contribution in [0.1, 0.15) is 97.0 Å². The first-order chi connectivity index (χ1) is 30.3. The van der Waals surface area contributed by atoms with E-state index in [1.807, 2.05) is 53.7 Å². The van der Waals surface area contributed by atoms with Gasteiger partial charge in [0.1, 0.15) is 5.75 Å². The van der Waals surface area contributed by atoms with Gasteiger partial charge in [0, 0.05) is 30.4 Å². The number of rotatable bonds is 11. The predicted octanol–water partition coefficient (Wildman–Crippen LogP) is 12.1. The molecular weight excluding hydrogens is 860 g/mol. The van der Waals surface area contributed by atoms with Crippen molar-refractivity contribution >= 4 is 44.2 Å². The second-order valence-corrected chi connectivity index (χ2v) is 18.4. The van der Waals surface area contributed by atoms with E-state index in [0.717, 1.165) is 46.9 Å². The van der Waals surface area contributed by atoms with Crippen LogP contribution in [0.5, 0.6) is 11.5 Å². The number of nitrogens with one attached hydrogen (secondary N) is 2. The molecule has 0 saturated carbocycles. The van der Waals surface area contributed by atoms with Crippen LogP contribution >= 0.6 is 11.6 Å². The summed E-state index contributed by atoms with van der Waals surface area (Å²) >= 11 is 6.10. The average Bonchev–Trinajstić information content (AvgIpc) is 3.25. The summed E-state index contributed by atoms with van der Waals surface area (Å²) in [5, 5.41) is 17.6. The normalized spacial score (nSPS) is 11.9. The van der Waals surface area contributed by atoms with Crippen molar-refractivity contribution in [1.29, 1.82) is 0 Å². The zero-order chi connectivity index (χ0) is 48.1. The highest BCUT2D eigenvalue weighted by Gasteiger charge is 2.23. The third kappa shape index (κ3) is 17.4. The van der Waals surface area contributed by atoms with Crippen LogP contribution in [0.3, 0.4) is 0 Å². The summed E-state index contributed by atoms with van der Waals surface area (Å²) < 4.78 is 36.2. The van der Waals surface area contributed by atoms with Gasteiger partial charge in [-0.25, -0.2) is 8.42 Å². The van der Waals surface area contributed by atoms with Crippen molar-refractivity contribution < 1.29 is 22.8 Å². The van der Waals surface area contributed by atoms with Gasteiger partial charge < -0.3 is 25.8 Å². The lowest BCUT2D eigenvalue weighted by Gasteiger charge is -2.25. The Morgan fingerprint density at radius 3 is 2.02 bits per heavy atom. The Hall–Kier alpha value is -6.12. The summed E-state index contributed by atoms with van der Waals surface area (Å²) in [6.07, 6.45) is 20.0.